The Kier molecular flexibility index (Phi) is 6.06. The zero-order chi connectivity index (χ0) is 22.0. The highest BCUT2D eigenvalue weighted by atomic mass is 35.5. The molecule has 0 unspecified atom stereocenters. The molecule has 0 amide bonds. The predicted molar refractivity (Wildman–Crippen MR) is 119 cm³/mol. The molecule has 2 aromatic carbocycles. The Bertz CT molecular complexity index is 1090. The summed E-state index contributed by atoms with van der Waals surface area (Å²) in [5.41, 5.74) is 3.58. The second-order valence-electron chi connectivity index (χ2n) is 7.36. The Morgan fingerprint density at radius 3 is 2.58 bits per heavy atom. The summed E-state index contributed by atoms with van der Waals surface area (Å²) in [7, 11) is 3.55. The van der Waals surface area contributed by atoms with Crippen molar-refractivity contribution in [1.82, 2.24) is 19.9 Å². The van der Waals surface area contributed by atoms with Crippen molar-refractivity contribution < 1.29 is 9.66 Å². The molecule has 1 fully saturated rings. The molecule has 0 atom stereocenters. The summed E-state index contributed by atoms with van der Waals surface area (Å²) >= 11 is 6.30. The average Bonchev–Trinajstić information content (AvgIpc) is 3.14. The lowest BCUT2D eigenvalue weighted by atomic mass is 10.1. The van der Waals surface area contributed by atoms with Crippen molar-refractivity contribution in [3.63, 3.8) is 0 Å². The number of rotatable bonds is 6. The first kappa shape index (κ1) is 21.1. The lowest BCUT2D eigenvalue weighted by molar-refractivity contribution is -0.384. The number of piperazine rings is 1. The number of halogens is 1. The van der Waals surface area contributed by atoms with Crippen LogP contribution in [0.3, 0.4) is 0 Å². The average molecular weight is 443 g/mol. The highest BCUT2D eigenvalue weighted by Crippen LogP contribution is 2.32. The Morgan fingerprint density at radius 1 is 1.16 bits per heavy atom. The van der Waals surface area contributed by atoms with Gasteiger partial charge in [0.05, 0.1) is 28.4 Å². The van der Waals surface area contributed by atoms with Crippen LogP contribution in [0.25, 0.3) is 11.3 Å². The molecule has 10 heteroatoms. The number of anilines is 1. The third-order valence-corrected chi connectivity index (χ3v) is 5.84. The van der Waals surface area contributed by atoms with Crippen LogP contribution >= 0.6 is 11.6 Å². The Labute approximate surface area is 184 Å². The first-order chi connectivity index (χ1) is 15.0. The SMILES string of the molecule is COc1ccccc1-c1nnn(C)c1CN1CCN(c2ccc([N+](=O)[O-])cc2Cl)CC1. The van der Waals surface area contributed by atoms with Crippen LogP contribution in [0.15, 0.2) is 42.5 Å². The number of methoxy groups -OCH3 is 1. The molecular weight excluding hydrogens is 420 g/mol. The third kappa shape index (κ3) is 4.33. The van der Waals surface area contributed by atoms with E-state index in [-0.39, 0.29) is 5.69 Å². The molecule has 31 heavy (non-hydrogen) atoms. The molecule has 0 radical (unpaired) electrons. The highest BCUT2D eigenvalue weighted by Gasteiger charge is 2.24. The van der Waals surface area contributed by atoms with Gasteiger partial charge in [-0.15, -0.1) is 5.10 Å². The van der Waals surface area contributed by atoms with Gasteiger partial charge in [-0.3, -0.25) is 19.7 Å². The van der Waals surface area contributed by atoms with E-state index in [0.29, 0.717) is 11.6 Å². The van der Waals surface area contributed by atoms with Crippen molar-refractivity contribution in [3.05, 3.63) is 63.3 Å². The number of nitro benzene ring substituents is 1. The molecule has 1 aromatic heterocycles. The fourth-order valence-electron chi connectivity index (χ4n) is 3.83. The predicted octanol–water partition coefficient (Wildman–Crippen LogP) is 3.37. The van der Waals surface area contributed by atoms with Gasteiger partial charge in [0.1, 0.15) is 11.4 Å². The first-order valence-corrected chi connectivity index (χ1v) is 10.3. The minimum Gasteiger partial charge on any atom is -0.496 e. The van der Waals surface area contributed by atoms with Crippen molar-refractivity contribution >= 4 is 23.0 Å². The van der Waals surface area contributed by atoms with Gasteiger partial charge in [0.2, 0.25) is 0 Å². The number of para-hydroxylation sites is 1. The molecule has 0 aliphatic carbocycles. The van der Waals surface area contributed by atoms with Crippen LogP contribution in [0.2, 0.25) is 5.02 Å². The normalized spacial score (nSPS) is 14.6. The minimum atomic E-state index is -0.436. The van der Waals surface area contributed by atoms with E-state index in [1.165, 1.54) is 12.1 Å². The van der Waals surface area contributed by atoms with Crippen molar-refractivity contribution in [2.45, 2.75) is 6.54 Å². The van der Waals surface area contributed by atoms with Gasteiger partial charge in [0.15, 0.2) is 0 Å². The number of hydrogen-bond acceptors (Lipinski definition) is 7. The van der Waals surface area contributed by atoms with Gasteiger partial charge in [0.25, 0.3) is 5.69 Å². The maximum atomic E-state index is 10.9. The molecule has 1 saturated heterocycles. The molecule has 4 rings (SSSR count). The van der Waals surface area contributed by atoms with Crippen molar-refractivity contribution in [1.29, 1.82) is 0 Å². The van der Waals surface area contributed by atoms with Gasteiger partial charge >= 0.3 is 0 Å². The lowest BCUT2D eigenvalue weighted by Gasteiger charge is -2.36. The van der Waals surface area contributed by atoms with Crippen LogP contribution < -0.4 is 9.64 Å². The quantitative estimate of drug-likeness (QED) is 0.427. The van der Waals surface area contributed by atoms with Crippen LogP contribution in [0.4, 0.5) is 11.4 Å². The second kappa shape index (κ2) is 8.91. The van der Waals surface area contributed by atoms with Crippen LogP contribution in [0.1, 0.15) is 5.69 Å². The van der Waals surface area contributed by atoms with Crippen LogP contribution in [0.5, 0.6) is 5.75 Å². The monoisotopic (exact) mass is 442 g/mol. The van der Waals surface area contributed by atoms with E-state index in [4.69, 9.17) is 16.3 Å². The maximum Gasteiger partial charge on any atom is 0.271 e. The topological polar surface area (TPSA) is 89.6 Å². The minimum absolute atomic E-state index is 0.0000340. The van der Waals surface area contributed by atoms with Crippen LogP contribution in [-0.2, 0) is 13.6 Å². The van der Waals surface area contributed by atoms with Crippen molar-refractivity contribution in [2.24, 2.45) is 7.05 Å². The largest absolute Gasteiger partial charge is 0.496 e. The number of benzene rings is 2. The number of aryl methyl sites for hydroxylation is 1. The number of non-ortho nitro benzene ring substituents is 1. The number of nitro groups is 1. The van der Waals surface area contributed by atoms with E-state index < -0.39 is 4.92 Å². The number of hydrogen-bond donors (Lipinski definition) is 0. The van der Waals surface area contributed by atoms with Crippen LogP contribution in [0, 0.1) is 10.1 Å². The van der Waals surface area contributed by atoms with Gasteiger partial charge in [-0.25, -0.2) is 0 Å². The molecular formula is C21H23ClN6O3. The first-order valence-electron chi connectivity index (χ1n) is 9.91. The summed E-state index contributed by atoms with van der Waals surface area (Å²) in [4.78, 5) is 15.0. The highest BCUT2D eigenvalue weighted by molar-refractivity contribution is 6.33. The summed E-state index contributed by atoms with van der Waals surface area (Å²) in [6, 6.07) is 12.4. The third-order valence-electron chi connectivity index (χ3n) is 5.53. The summed E-state index contributed by atoms with van der Waals surface area (Å²) in [6.45, 7) is 3.89. The smallest absolute Gasteiger partial charge is 0.271 e. The zero-order valence-electron chi connectivity index (χ0n) is 17.4. The number of ether oxygens (including phenoxy) is 1. The lowest BCUT2D eigenvalue weighted by Crippen LogP contribution is -2.46. The van der Waals surface area contributed by atoms with Gasteiger partial charge in [0, 0.05) is 57.5 Å². The fraction of sp³-hybridized carbons (Fsp3) is 0.333. The zero-order valence-corrected chi connectivity index (χ0v) is 18.1. The molecule has 3 aromatic rings. The number of aromatic nitrogens is 3. The Hall–Kier alpha value is -3.17. The van der Waals surface area contributed by atoms with E-state index >= 15 is 0 Å². The van der Waals surface area contributed by atoms with Crippen molar-refractivity contribution in [3.8, 4) is 17.0 Å². The molecule has 0 saturated carbocycles. The summed E-state index contributed by atoms with van der Waals surface area (Å²) in [5.74, 6) is 0.766. The molecule has 9 nitrogen and oxygen atoms in total. The molecule has 0 N–H and O–H groups in total. The molecule has 1 aliphatic rings. The van der Waals surface area contributed by atoms with E-state index in [0.717, 1.165) is 54.6 Å². The molecule has 1 aliphatic heterocycles. The van der Waals surface area contributed by atoms with Gasteiger partial charge in [-0.1, -0.05) is 28.9 Å². The standard InChI is InChI=1S/C21H23ClN6O3/c1-25-19(21(23-24-25)16-5-3-4-6-20(16)31-2)14-26-9-11-27(12-10-26)18-8-7-15(28(29)30)13-17(18)22/h3-8,13H,9-12,14H2,1-2H3. The van der Waals surface area contributed by atoms with E-state index in [2.05, 4.69) is 20.1 Å². The molecule has 0 spiro atoms. The summed E-state index contributed by atoms with van der Waals surface area (Å²) in [5, 5.41) is 20.0. The van der Waals surface area contributed by atoms with Gasteiger partial charge < -0.3 is 9.64 Å². The number of nitrogens with zero attached hydrogens (tertiary/aromatic N) is 6. The fourth-order valence-corrected chi connectivity index (χ4v) is 4.12. The van der Waals surface area contributed by atoms with Gasteiger partial charge in [-0.2, -0.15) is 0 Å². The Balaban J connectivity index is 1.47. The Morgan fingerprint density at radius 2 is 1.90 bits per heavy atom. The molecule has 0 bridgehead atoms. The molecule has 162 valence electrons. The van der Waals surface area contributed by atoms with E-state index in [1.807, 2.05) is 31.3 Å². The maximum absolute atomic E-state index is 10.9. The summed E-state index contributed by atoms with van der Waals surface area (Å²) in [6.07, 6.45) is 0. The van der Waals surface area contributed by atoms with Gasteiger partial charge in [-0.05, 0) is 18.2 Å². The summed E-state index contributed by atoms with van der Waals surface area (Å²) < 4.78 is 7.31. The van der Waals surface area contributed by atoms with Crippen LogP contribution in [-0.4, -0.2) is 58.1 Å². The van der Waals surface area contributed by atoms with E-state index in [9.17, 15) is 10.1 Å². The van der Waals surface area contributed by atoms with Crippen molar-refractivity contribution in [2.75, 3.05) is 38.2 Å². The van der Waals surface area contributed by atoms with E-state index in [1.54, 1.807) is 17.9 Å². The molecule has 2 heterocycles. The second-order valence-corrected chi connectivity index (χ2v) is 7.77.